The van der Waals surface area contributed by atoms with Gasteiger partial charge in [0.15, 0.2) is 5.16 Å². The third-order valence-electron chi connectivity index (χ3n) is 4.06. The number of aromatic nitrogens is 3. The van der Waals surface area contributed by atoms with Crippen LogP contribution < -0.4 is 10.2 Å². The summed E-state index contributed by atoms with van der Waals surface area (Å²) >= 11 is 7.24. The molecule has 3 aromatic rings. The van der Waals surface area contributed by atoms with E-state index < -0.39 is 0 Å². The standard InChI is InChI=1S/C18H15ClFN5OS/c19-12-2-1-3-14(10-12)21-16(26)11-27-18-23-22-17-24(8-9-25(17)18)15-6-4-13(20)5-7-15/h1-7,10H,8-9,11H2,(H,21,26). The summed E-state index contributed by atoms with van der Waals surface area (Å²) in [6.45, 7) is 1.43. The van der Waals surface area contributed by atoms with Crippen LogP contribution in [0.25, 0.3) is 0 Å². The molecule has 9 heteroatoms. The Balaban J connectivity index is 1.41. The first-order chi connectivity index (χ1) is 13.1. The van der Waals surface area contributed by atoms with Crippen molar-refractivity contribution in [3.63, 3.8) is 0 Å². The Hall–Kier alpha value is -2.58. The average Bonchev–Trinajstić information content (AvgIpc) is 3.23. The molecular weight excluding hydrogens is 389 g/mol. The minimum absolute atomic E-state index is 0.145. The molecule has 0 saturated carbocycles. The van der Waals surface area contributed by atoms with Crippen LogP contribution in [-0.2, 0) is 11.3 Å². The number of rotatable bonds is 5. The molecule has 0 unspecified atom stereocenters. The Morgan fingerprint density at radius 1 is 1.19 bits per heavy atom. The summed E-state index contributed by atoms with van der Waals surface area (Å²) in [5, 5.41) is 12.5. The van der Waals surface area contributed by atoms with Gasteiger partial charge in [0.1, 0.15) is 5.82 Å². The lowest BCUT2D eigenvalue weighted by Gasteiger charge is -2.14. The van der Waals surface area contributed by atoms with E-state index >= 15 is 0 Å². The molecule has 4 rings (SSSR count). The predicted molar refractivity (Wildman–Crippen MR) is 104 cm³/mol. The van der Waals surface area contributed by atoms with Crippen molar-refractivity contribution in [2.24, 2.45) is 0 Å². The van der Waals surface area contributed by atoms with Crippen molar-refractivity contribution in [1.29, 1.82) is 0 Å². The third-order valence-corrected chi connectivity index (χ3v) is 5.27. The molecule has 0 atom stereocenters. The summed E-state index contributed by atoms with van der Waals surface area (Å²) in [6, 6.07) is 13.3. The van der Waals surface area contributed by atoms with Gasteiger partial charge in [0.2, 0.25) is 11.9 Å². The topological polar surface area (TPSA) is 63.1 Å². The van der Waals surface area contributed by atoms with E-state index in [4.69, 9.17) is 11.6 Å². The van der Waals surface area contributed by atoms with Crippen LogP contribution in [-0.4, -0.2) is 33.0 Å². The van der Waals surface area contributed by atoms with Gasteiger partial charge >= 0.3 is 0 Å². The molecule has 138 valence electrons. The number of hydrogen-bond acceptors (Lipinski definition) is 5. The van der Waals surface area contributed by atoms with Crippen molar-refractivity contribution >= 4 is 46.6 Å². The van der Waals surface area contributed by atoms with Crippen molar-refractivity contribution in [2.75, 3.05) is 22.5 Å². The highest BCUT2D eigenvalue weighted by Gasteiger charge is 2.26. The second-order valence-electron chi connectivity index (χ2n) is 5.91. The number of carbonyl (C=O) groups excluding carboxylic acids is 1. The van der Waals surface area contributed by atoms with Crippen molar-refractivity contribution < 1.29 is 9.18 Å². The van der Waals surface area contributed by atoms with E-state index in [-0.39, 0.29) is 17.5 Å². The molecule has 0 spiro atoms. The van der Waals surface area contributed by atoms with Gasteiger partial charge < -0.3 is 10.2 Å². The van der Waals surface area contributed by atoms with Crippen LogP contribution in [0.2, 0.25) is 5.02 Å². The molecular formula is C18H15ClFN5OS. The molecule has 0 aliphatic carbocycles. The van der Waals surface area contributed by atoms with Gasteiger partial charge in [-0.25, -0.2) is 4.39 Å². The van der Waals surface area contributed by atoms with Crippen molar-refractivity contribution in [3.8, 4) is 0 Å². The average molecular weight is 404 g/mol. The van der Waals surface area contributed by atoms with E-state index in [0.29, 0.717) is 28.4 Å². The molecule has 1 aliphatic rings. The minimum atomic E-state index is -0.277. The highest BCUT2D eigenvalue weighted by molar-refractivity contribution is 7.99. The highest BCUT2D eigenvalue weighted by Crippen LogP contribution is 2.32. The smallest absolute Gasteiger partial charge is 0.234 e. The van der Waals surface area contributed by atoms with Crippen LogP contribution in [0.5, 0.6) is 0 Å². The van der Waals surface area contributed by atoms with Gasteiger partial charge in [-0.15, -0.1) is 10.2 Å². The Bertz CT molecular complexity index is 978. The number of nitrogens with zero attached hydrogens (tertiary/aromatic N) is 4. The first-order valence-electron chi connectivity index (χ1n) is 8.25. The predicted octanol–water partition coefficient (Wildman–Crippen LogP) is 3.95. The van der Waals surface area contributed by atoms with E-state index in [9.17, 15) is 9.18 Å². The largest absolute Gasteiger partial charge is 0.325 e. The second kappa shape index (κ2) is 7.58. The van der Waals surface area contributed by atoms with Crippen LogP contribution in [0.15, 0.2) is 53.7 Å². The maximum Gasteiger partial charge on any atom is 0.234 e. The molecule has 1 N–H and O–H groups in total. The van der Waals surface area contributed by atoms with Crippen LogP contribution in [0, 0.1) is 5.82 Å². The first kappa shape index (κ1) is 17.8. The third kappa shape index (κ3) is 3.91. The van der Waals surface area contributed by atoms with Gasteiger partial charge in [0, 0.05) is 29.5 Å². The number of halogens is 2. The van der Waals surface area contributed by atoms with E-state index in [0.717, 1.165) is 12.2 Å². The van der Waals surface area contributed by atoms with E-state index in [1.165, 1.54) is 23.9 Å². The molecule has 6 nitrogen and oxygen atoms in total. The van der Waals surface area contributed by atoms with Crippen LogP contribution in [0.1, 0.15) is 0 Å². The molecule has 0 fully saturated rings. The molecule has 1 aromatic heterocycles. The fourth-order valence-electron chi connectivity index (χ4n) is 2.84. The fourth-order valence-corrected chi connectivity index (χ4v) is 3.79. The monoisotopic (exact) mass is 403 g/mol. The quantitative estimate of drug-likeness (QED) is 0.653. The van der Waals surface area contributed by atoms with Crippen molar-refractivity contribution in [1.82, 2.24) is 14.8 Å². The Labute approximate surface area is 164 Å². The molecule has 0 radical (unpaired) electrons. The summed E-state index contributed by atoms with van der Waals surface area (Å²) in [5.74, 6) is 0.481. The van der Waals surface area contributed by atoms with E-state index in [1.807, 2.05) is 9.47 Å². The molecule has 1 aliphatic heterocycles. The lowest BCUT2D eigenvalue weighted by atomic mass is 10.3. The van der Waals surface area contributed by atoms with Gasteiger partial charge in [0.25, 0.3) is 0 Å². The van der Waals surface area contributed by atoms with E-state index in [2.05, 4.69) is 15.5 Å². The number of carbonyl (C=O) groups is 1. The normalized spacial score (nSPS) is 12.9. The highest BCUT2D eigenvalue weighted by atomic mass is 35.5. The number of benzene rings is 2. The van der Waals surface area contributed by atoms with Gasteiger partial charge in [-0.2, -0.15) is 0 Å². The molecule has 2 aromatic carbocycles. The minimum Gasteiger partial charge on any atom is -0.325 e. The number of thioether (sulfide) groups is 1. The van der Waals surface area contributed by atoms with Gasteiger partial charge in [-0.1, -0.05) is 29.4 Å². The summed E-state index contributed by atoms with van der Waals surface area (Å²) in [5.41, 5.74) is 1.51. The number of anilines is 3. The van der Waals surface area contributed by atoms with E-state index in [1.54, 1.807) is 36.4 Å². The fraction of sp³-hybridized carbons (Fsp3) is 0.167. The molecule has 0 bridgehead atoms. The number of fused-ring (bicyclic) bond motifs is 1. The summed E-state index contributed by atoms with van der Waals surface area (Å²) in [4.78, 5) is 14.1. The van der Waals surface area contributed by atoms with Gasteiger partial charge in [-0.3, -0.25) is 9.36 Å². The van der Waals surface area contributed by atoms with Crippen LogP contribution in [0.3, 0.4) is 0 Å². The molecule has 27 heavy (non-hydrogen) atoms. The molecule has 2 heterocycles. The SMILES string of the molecule is O=C(CSc1nnc2n1CCN2c1ccc(F)cc1)Nc1cccc(Cl)c1. The Morgan fingerprint density at radius 2 is 2.00 bits per heavy atom. The molecule has 1 amide bonds. The Morgan fingerprint density at radius 3 is 2.78 bits per heavy atom. The summed E-state index contributed by atoms with van der Waals surface area (Å²) in [6.07, 6.45) is 0. The van der Waals surface area contributed by atoms with Crippen LogP contribution in [0.4, 0.5) is 21.7 Å². The van der Waals surface area contributed by atoms with Crippen molar-refractivity contribution in [2.45, 2.75) is 11.7 Å². The maximum absolute atomic E-state index is 13.1. The zero-order valence-corrected chi connectivity index (χ0v) is 15.7. The lowest BCUT2D eigenvalue weighted by molar-refractivity contribution is -0.113. The van der Waals surface area contributed by atoms with Gasteiger partial charge in [-0.05, 0) is 42.5 Å². The Kier molecular flexibility index (Phi) is 5.00. The lowest BCUT2D eigenvalue weighted by Crippen LogP contribution is -2.14. The number of hydrogen-bond donors (Lipinski definition) is 1. The van der Waals surface area contributed by atoms with Crippen LogP contribution >= 0.6 is 23.4 Å². The van der Waals surface area contributed by atoms with Gasteiger partial charge in [0.05, 0.1) is 5.75 Å². The number of amides is 1. The zero-order valence-electron chi connectivity index (χ0n) is 14.1. The zero-order chi connectivity index (χ0) is 18.8. The first-order valence-corrected chi connectivity index (χ1v) is 9.61. The summed E-state index contributed by atoms with van der Waals surface area (Å²) in [7, 11) is 0. The maximum atomic E-state index is 13.1. The van der Waals surface area contributed by atoms with Crippen molar-refractivity contribution in [3.05, 3.63) is 59.4 Å². The number of nitrogens with one attached hydrogen (secondary N) is 1. The molecule has 0 saturated heterocycles. The summed E-state index contributed by atoms with van der Waals surface area (Å²) < 4.78 is 15.1. The second-order valence-corrected chi connectivity index (χ2v) is 7.29.